The molecular formula is C7H15NS. The fourth-order valence-electron chi connectivity index (χ4n) is 1.37. The summed E-state index contributed by atoms with van der Waals surface area (Å²) in [6.45, 7) is 5.70. The number of hydrogen-bond donors (Lipinski definition) is 1. The average molecular weight is 145 g/mol. The van der Waals surface area contributed by atoms with Crippen LogP contribution in [0.5, 0.6) is 0 Å². The Morgan fingerprint density at radius 1 is 1.56 bits per heavy atom. The van der Waals surface area contributed by atoms with Crippen LogP contribution in [0.15, 0.2) is 0 Å². The Morgan fingerprint density at radius 2 is 2.22 bits per heavy atom. The first kappa shape index (κ1) is 7.42. The molecule has 1 atom stereocenters. The van der Waals surface area contributed by atoms with E-state index in [1.54, 1.807) is 0 Å². The summed E-state index contributed by atoms with van der Waals surface area (Å²) in [5, 5.41) is 0.532. The first-order valence-corrected chi connectivity index (χ1v) is 4.17. The monoisotopic (exact) mass is 145 g/mol. The summed E-state index contributed by atoms with van der Waals surface area (Å²) in [5.41, 5.74) is 0. The van der Waals surface area contributed by atoms with Gasteiger partial charge in [-0.15, -0.1) is 0 Å². The van der Waals surface area contributed by atoms with Crippen LogP contribution in [0.25, 0.3) is 0 Å². The fraction of sp³-hybridized carbons (Fsp3) is 1.00. The molecule has 54 valence electrons. The van der Waals surface area contributed by atoms with Gasteiger partial charge >= 0.3 is 0 Å². The van der Waals surface area contributed by atoms with Gasteiger partial charge in [-0.1, -0.05) is 0 Å². The van der Waals surface area contributed by atoms with Gasteiger partial charge in [0.15, 0.2) is 0 Å². The molecule has 0 aliphatic carbocycles. The predicted octanol–water partition coefficient (Wildman–Crippen LogP) is 1.75. The third-order valence-electron chi connectivity index (χ3n) is 1.92. The van der Waals surface area contributed by atoms with Gasteiger partial charge in [0.2, 0.25) is 0 Å². The predicted molar refractivity (Wildman–Crippen MR) is 43.9 cm³/mol. The second-order valence-corrected chi connectivity index (χ2v) is 3.55. The number of nitrogens with zero attached hydrogens (tertiary/aromatic N) is 1. The summed E-state index contributed by atoms with van der Waals surface area (Å²) in [7, 11) is 0. The lowest BCUT2D eigenvalue weighted by Gasteiger charge is -2.24. The molecule has 1 rings (SSSR count). The van der Waals surface area contributed by atoms with Gasteiger partial charge in [0.05, 0.1) is 5.37 Å². The van der Waals surface area contributed by atoms with Crippen LogP contribution in [-0.2, 0) is 0 Å². The second-order valence-electron chi connectivity index (χ2n) is 2.95. The maximum absolute atomic E-state index is 4.45. The SMILES string of the molecule is CC(C)N1CCCC1S. The maximum Gasteiger partial charge on any atom is 0.0530 e. The van der Waals surface area contributed by atoms with E-state index in [4.69, 9.17) is 0 Å². The molecule has 1 saturated heterocycles. The molecule has 1 heterocycles. The molecule has 0 radical (unpaired) electrons. The minimum Gasteiger partial charge on any atom is -0.289 e. The van der Waals surface area contributed by atoms with E-state index < -0.39 is 0 Å². The van der Waals surface area contributed by atoms with Crippen molar-refractivity contribution < 1.29 is 0 Å². The van der Waals surface area contributed by atoms with Crippen molar-refractivity contribution in [1.82, 2.24) is 4.90 Å². The largest absolute Gasteiger partial charge is 0.289 e. The van der Waals surface area contributed by atoms with Gasteiger partial charge in [-0.25, -0.2) is 0 Å². The molecule has 1 fully saturated rings. The molecule has 0 N–H and O–H groups in total. The summed E-state index contributed by atoms with van der Waals surface area (Å²) < 4.78 is 0. The Hall–Kier alpha value is 0.310. The molecule has 9 heavy (non-hydrogen) atoms. The highest BCUT2D eigenvalue weighted by atomic mass is 32.1. The van der Waals surface area contributed by atoms with E-state index in [-0.39, 0.29) is 0 Å². The molecule has 0 spiro atoms. The number of thiol groups is 1. The smallest absolute Gasteiger partial charge is 0.0530 e. The molecule has 0 aromatic carbocycles. The van der Waals surface area contributed by atoms with E-state index in [2.05, 4.69) is 31.4 Å². The minimum absolute atomic E-state index is 0.532. The molecule has 0 aromatic heterocycles. The number of likely N-dealkylation sites (tertiary alicyclic amines) is 1. The quantitative estimate of drug-likeness (QED) is 0.550. The van der Waals surface area contributed by atoms with Gasteiger partial charge in [0.25, 0.3) is 0 Å². The van der Waals surface area contributed by atoms with Gasteiger partial charge in [-0.3, -0.25) is 4.90 Å². The Morgan fingerprint density at radius 3 is 2.44 bits per heavy atom. The van der Waals surface area contributed by atoms with Gasteiger partial charge in [0.1, 0.15) is 0 Å². The van der Waals surface area contributed by atoms with Crippen molar-refractivity contribution >= 4 is 12.6 Å². The van der Waals surface area contributed by atoms with E-state index in [1.807, 2.05) is 0 Å². The third kappa shape index (κ3) is 1.62. The van der Waals surface area contributed by atoms with Gasteiger partial charge in [-0.05, 0) is 33.2 Å². The van der Waals surface area contributed by atoms with E-state index in [0.29, 0.717) is 11.4 Å². The highest BCUT2D eigenvalue weighted by Crippen LogP contribution is 2.21. The molecule has 0 aromatic rings. The van der Waals surface area contributed by atoms with Gasteiger partial charge in [-0.2, -0.15) is 12.6 Å². The zero-order valence-electron chi connectivity index (χ0n) is 6.17. The van der Waals surface area contributed by atoms with Crippen LogP contribution in [0.4, 0.5) is 0 Å². The lowest BCUT2D eigenvalue weighted by molar-refractivity contribution is 0.258. The minimum atomic E-state index is 0.532. The Balaban J connectivity index is 2.40. The van der Waals surface area contributed by atoms with E-state index in [9.17, 15) is 0 Å². The van der Waals surface area contributed by atoms with Crippen LogP contribution in [-0.4, -0.2) is 22.9 Å². The van der Waals surface area contributed by atoms with Crippen molar-refractivity contribution in [3.8, 4) is 0 Å². The Bertz CT molecular complexity index is 92.9. The maximum atomic E-state index is 4.45. The number of hydrogen-bond acceptors (Lipinski definition) is 2. The standard InChI is InChI=1S/C7H15NS/c1-6(2)8-5-3-4-7(8)9/h6-7,9H,3-5H2,1-2H3. The zero-order chi connectivity index (χ0) is 6.85. The molecule has 0 saturated carbocycles. The van der Waals surface area contributed by atoms with E-state index in [0.717, 1.165) is 0 Å². The van der Waals surface area contributed by atoms with Crippen molar-refractivity contribution in [2.75, 3.05) is 6.54 Å². The average Bonchev–Trinajstić information content (AvgIpc) is 2.13. The molecular weight excluding hydrogens is 130 g/mol. The zero-order valence-corrected chi connectivity index (χ0v) is 7.06. The first-order valence-electron chi connectivity index (χ1n) is 3.65. The molecule has 1 unspecified atom stereocenters. The van der Waals surface area contributed by atoms with Crippen molar-refractivity contribution in [2.45, 2.75) is 38.1 Å². The normalized spacial score (nSPS) is 30.0. The topological polar surface area (TPSA) is 3.24 Å². The number of rotatable bonds is 1. The van der Waals surface area contributed by atoms with Crippen molar-refractivity contribution in [3.63, 3.8) is 0 Å². The lowest BCUT2D eigenvalue weighted by atomic mass is 10.3. The van der Waals surface area contributed by atoms with Crippen LogP contribution in [0.1, 0.15) is 26.7 Å². The fourth-order valence-corrected chi connectivity index (χ4v) is 1.94. The summed E-state index contributed by atoms with van der Waals surface area (Å²) >= 11 is 4.45. The summed E-state index contributed by atoms with van der Waals surface area (Å²) in [4.78, 5) is 2.43. The molecule has 2 heteroatoms. The van der Waals surface area contributed by atoms with E-state index in [1.165, 1.54) is 19.4 Å². The molecule has 0 amide bonds. The molecule has 0 bridgehead atoms. The summed E-state index contributed by atoms with van der Waals surface area (Å²) in [5.74, 6) is 0. The van der Waals surface area contributed by atoms with Crippen LogP contribution in [0.2, 0.25) is 0 Å². The lowest BCUT2D eigenvalue weighted by Crippen LogP contribution is -2.31. The molecule has 1 aliphatic rings. The van der Waals surface area contributed by atoms with Gasteiger partial charge in [0, 0.05) is 6.04 Å². The Kier molecular flexibility index (Phi) is 2.42. The highest BCUT2D eigenvalue weighted by molar-refractivity contribution is 7.80. The van der Waals surface area contributed by atoms with Crippen molar-refractivity contribution in [1.29, 1.82) is 0 Å². The van der Waals surface area contributed by atoms with Crippen molar-refractivity contribution in [3.05, 3.63) is 0 Å². The van der Waals surface area contributed by atoms with E-state index >= 15 is 0 Å². The van der Waals surface area contributed by atoms with Crippen LogP contribution in [0, 0.1) is 0 Å². The summed E-state index contributed by atoms with van der Waals surface area (Å²) in [6, 6.07) is 0.676. The van der Waals surface area contributed by atoms with Crippen LogP contribution in [0.3, 0.4) is 0 Å². The van der Waals surface area contributed by atoms with Crippen molar-refractivity contribution in [2.24, 2.45) is 0 Å². The molecule has 1 nitrogen and oxygen atoms in total. The highest BCUT2D eigenvalue weighted by Gasteiger charge is 2.22. The Labute approximate surface area is 62.8 Å². The third-order valence-corrected chi connectivity index (χ3v) is 2.48. The first-order chi connectivity index (χ1) is 4.22. The summed E-state index contributed by atoms with van der Waals surface area (Å²) in [6.07, 6.45) is 2.59. The second kappa shape index (κ2) is 2.93. The van der Waals surface area contributed by atoms with Crippen LogP contribution >= 0.6 is 12.6 Å². The van der Waals surface area contributed by atoms with Crippen LogP contribution < -0.4 is 0 Å². The molecule has 1 aliphatic heterocycles. The van der Waals surface area contributed by atoms with Gasteiger partial charge < -0.3 is 0 Å².